The van der Waals surface area contributed by atoms with Gasteiger partial charge in [0.1, 0.15) is 5.72 Å². The van der Waals surface area contributed by atoms with Crippen LogP contribution < -0.4 is 0 Å². The molecule has 4 rings (SSSR count). The quantitative estimate of drug-likeness (QED) is 0.645. The molecule has 4 nitrogen and oxygen atoms in total. The zero-order valence-electron chi connectivity index (χ0n) is 17.1. The summed E-state index contributed by atoms with van der Waals surface area (Å²) in [5.74, 6) is -2.81. The fraction of sp³-hybridized carbons (Fsp3) is 0.417. The highest BCUT2D eigenvalue weighted by Crippen LogP contribution is 2.49. The predicted octanol–water partition coefficient (Wildman–Crippen LogP) is 4.25. The number of halogens is 2. The maximum Gasteiger partial charge on any atom is 0.232 e. The van der Waals surface area contributed by atoms with Crippen molar-refractivity contribution in [2.45, 2.75) is 50.7 Å². The van der Waals surface area contributed by atoms with E-state index in [4.69, 9.17) is 16.3 Å². The second kappa shape index (κ2) is 8.12. The summed E-state index contributed by atoms with van der Waals surface area (Å²) >= 11 is 5.63. The number of hydrogen-bond donors (Lipinski definition) is 0. The summed E-state index contributed by atoms with van der Waals surface area (Å²) in [4.78, 5) is 27.6. The third-order valence-corrected chi connectivity index (χ3v) is 6.35. The maximum absolute atomic E-state index is 15.2. The van der Waals surface area contributed by atoms with E-state index < -0.39 is 35.4 Å². The van der Waals surface area contributed by atoms with E-state index in [2.05, 4.69) is 0 Å². The third kappa shape index (κ3) is 3.65. The Hall–Kier alpha value is -2.24. The molecular weight excluding hydrogens is 405 g/mol. The van der Waals surface area contributed by atoms with Crippen molar-refractivity contribution < 1.29 is 18.7 Å². The van der Waals surface area contributed by atoms with Gasteiger partial charge < -0.3 is 9.64 Å². The third-order valence-electron chi connectivity index (χ3n) is 6.09. The molecule has 1 amide bonds. The number of hydrogen-bond acceptors (Lipinski definition) is 3. The molecule has 6 heteroatoms. The zero-order valence-corrected chi connectivity index (χ0v) is 17.8. The van der Waals surface area contributed by atoms with E-state index in [0.29, 0.717) is 6.42 Å². The molecule has 1 fully saturated rings. The average Bonchev–Trinajstić information content (AvgIpc) is 3.21. The number of alkyl halides is 2. The van der Waals surface area contributed by atoms with Crippen molar-refractivity contribution in [3.63, 3.8) is 0 Å². The molecule has 0 saturated carbocycles. The first-order valence-electron chi connectivity index (χ1n) is 10.2. The standard InChI is InChI=1S/C24H25ClFNO3/c1-24(2)27(22-17-11-7-6-10-16(17)13-20(22)30-24)23(29)18(21(26)19(28)14-25)12-15-8-4-3-5-9-15/h3-11,18,20-22H,12-14H2,1-2H3/t18-,20-,21+,22+/m1/s1. The van der Waals surface area contributed by atoms with Gasteiger partial charge in [-0.25, -0.2) is 4.39 Å². The Bertz CT molecular complexity index is 948. The lowest BCUT2D eigenvalue weighted by molar-refractivity contribution is -0.156. The van der Waals surface area contributed by atoms with Crippen molar-refractivity contribution in [3.05, 3.63) is 71.3 Å². The summed E-state index contributed by atoms with van der Waals surface area (Å²) in [5, 5.41) is 0. The number of carbonyl (C=O) groups excluding carboxylic acids is 2. The molecule has 2 aromatic rings. The van der Waals surface area contributed by atoms with Crippen LogP contribution in [0, 0.1) is 5.92 Å². The van der Waals surface area contributed by atoms with E-state index in [9.17, 15) is 9.59 Å². The molecule has 1 saturated heterocycles. The van der Waals surface area contributed by atoms with E-state index in [1.54, 1.807) is 4.90 Å². The minimum Gasteiger partial charge on any atom is -0.350 e. The second-order valence-corrected chi connectivity index (χ2v) is 8.72. The largest absolute Gasteiger partial charge is 0.350 e. The van der Waals surface area contributed by atoms with E-state index in [1.165, 1.54) is 0 Å². The molecule has 1 heterocycles. The van der Waals surface area contributed by atoms with Gasteiger partial charge in [0.05, 0.1) is 23.9 Å². The highest BCUT2D eigenvalue weighted by atomic mass is 35.5. The van der Waals surface area contributed by atoms with Crippen molar-refractivity contribution in [1.29, 1.82) is 0 Å². The minimum atomic E-state index is -1.97. The fourth-order valence-corrected chi connectivity index (χ4v) is 4.92. The Morgan fingerprint density at radius 2 is 1.83 bits per heavy atom. The van der Waals surface area contributed by atoms with Crippen LogP contribution in [0.5, 0.6) is 0 Å². The van der Waals surface area contributed by atoms with Crippen molar-refractivity contribution in [3.8, 4) is 0 Å². The Balaban J connectivity index is 1.71. The average molecular weight is 430 g/mol. The molecule has 0 aromatic heterocycles. The topological polar surface area (TPSA) is 46.6 Å². The van der Waals surface area contributed by atoms with Crippen molar-refractivity contribution >= 4 is 23.3 Å². The van der Waals surface area contributed by atoms with Gasteiger partial charge in [0.25, 0.3) is 0 Å². The van der Waals surface area contributed by atoms with Crippen molar-refractivity contribution in [1.82, 2.24) is 4.90 Å². The molecule has 0 spiro atoms. The van der Waals surface area contributed by atoms with Gasteiger partial charge in [-0.05, 0) is 37.0 Å². The van der Waals surface area contributed by atoms with Gasteiger partial charge in [0.15, 0.2) is 12.0 Å². The number of amides is 1. The van der Waals surface area contributed by atoms with Gasteiger partial charge in [-0.1, -0.05) is 54.6 Å². The number of nitrogens with zero attached hydrogens (tertiary/aromatic N) is 1. The first kappa shape index (κ1) is 21.0. The smallest absolute Gasteiger partial charge is 0.232 e. The van der Waals surface area contributed by atoms with Crippen LogP contribution >= 0.6 is 11.6 Å². The molecule has 2 aromatic carbocycles. The molecular formula is C24H25ClFNO3. The van der Waals surface area contributed by atoms with Crippen LogP contribution in [0.1, 0.15) is 36.6 Å². The number of Topliss-reactive ketones (excluding diaryl/α,β-unsaturated/α-hetero) is 1. The number of fused-ring (bicyclic) bond motifs is 3. The first-order chi connectivity index (χ1) is 14.3. The van der Waals surface area contributed by atoms with Gasteiger partial charge in [0.2, 0.25) is 5.91 Å². The van der Waals surface area contributed by atoms with Crippen molar-refractivity contribution in [2.24, 2.45) is 5.92 Å². The Morgan fingerprint density at radius 3 is 2.53 bits per heavy atom. The predicted molar refractivity (Wildman–Crippen MR) is 113 cm³/mol. The van der Waals surface area contributed by atoms with Gasteiger partial charge in [-0.2, -0.15) is 0 Å². The van der Waals surface area contributed by atoms with E-state index >= 15 is 4.39 Å². The molecule has 1 aliphatic carbocycles. The number of benzene rings is 2. The van der Waals surface area contributed by atoms with Crippen LogP contribution in [0.4, 0.5) is 4.39 Å². The van der Waals surface area contributed by atoms with Gasteiger partial charge in [0, 0.05) is 6.42 Å². The molecule has 4 atom stereocenters. The van der Waals surface area contributed by atoms with Gasteiger partial charge >= 0.3 is 0 Å². The normalized spacial score (nSPS) is 23.5. The number of ether oxygens (including phenoxy) is 1. The van der Waals surface area contributed by atoms with Gasteiger partial charge in [-0.3, -0.25) is 9.59 Å². The molecule has 1 aliphatic heterocycles. The minimum absolute atomic E-state index is 0.120. The van der Waals surface area contributed by atoms with E-state index in [0.717, 1.165) is 16.7 Å². The monoisotopic (exact) mass is 429 g/mol. The second-order valence-electron chi connectivity index (χ2n) is 8.46. The summed E-state index contributed by atoms with van der Waals surface area (Å²) in [5.41, 5.74) is 2.05. The molecule has 158 valence electrons. The fourth-order valence-electron chi connectivity index (χ4n) is 4.77. The lowest BCUT2D eigenvalue weighted by Gasteiger charge is -2.37. The zero-order chi connectivity index (χ0) is 21.5. The highest BCUT2D eigenvalue weighted by molar-refractivity contribution is 6.28. The van der Waals surface area contributed by atoms with Gasteiger partial charge in [-0.15, -0.1) is 11.6 Å². The maximum atomic E-state index is 15.2. The summed E-state index contributed by atoms with van der Waals surface area (Å²) in [7, 11) is 0. The summed E-state index contributed by atoms with van der Waals surface area (Å²) in [6.07, 6.45) is -1.33. The molecule has 0 bridgehead atoms. The molecule has 2 aliphatic rings. The number of rotatable bonds is 6. The van der Waals surface area contributed by atoms with E-state index in [-0.39, 0.29) is 18.6 Å². The Kier molecular flexibility index (Phi) is 5.69. The SMILES string of the molecule is CC1(C)O[C@@H]2Cc3ccccc3[C@@H]2N1C(=O)[C@H](Cc1ccccc1)[C@H](F)C(=O)CCl. The molecule has 0 N–H and O–H groups in total. The number of carbonyl (C=O) groups is 2. The Morgan fingerprint density at radius 1 is 1.17 bits per heavy atom. The molecule has 0 unspecified atom stereocenters. The summed E-state index contributed by atoms with van der Waals surface area (Å²) < 4.78 is 21.4. The van der Waals surface area contributed by atoms with Crippen LogP contribution in [0.3, 0.4) is 0 Å². The van der Waals surface area contributed by atoms with Crippen LogP contribution in [-0.4, -0.2) is 40.5 Å². The summed E-state index contributed by atoms with van der Waals surface area (Å²) in [6, 6.07) is 16.8. The Labute approximate surface area is 181 Å². The van der Waals surface area contributed by atoms with Crippen LogP contribution in [0.15, 0.2) is 54.6 Å². The summed E-state index contributed by atoms with van der Waals surface area (Å²) in [6.45, 7) is 3.64. The lowest BCUT2D eigenvalue weighted by atomic mass is 9.90. The lowest BCUT2D eigenvalue weighted by Crippen LogP contribution is -2.50. The van der Waals surface area contributed by atoms with Crippen LogP contribution in [0.2, 0.25) is 0 Å². The van der Waals surface area contributed by atoms with Crippen molar-refractivity contribution in [2.75, 3.05) is 5.88 Å². The van der Waals surface area contributed by atoms with E-state index in [1.807, 2.05) is 68.4 Å². The van der Waals surface area contributed by atoms with Crippen LogP contribution in [0.25, 0.3) is 0 Å². The highest BCUT2D eigenvalue weighted by Gasteiger charge is 2.55. The molecule has 0 radical (unpaired) electrons. The van der Waals surface area contributed by atoms with Crippen LogP contribution in [-0.2, 0) is 27.2 Å². The number of ketones is 1. The molecule has 30 heavy (non-hydrogen) atoms. The first-order valence-corrected chi connectivity index (χ1v) is 10.7.